The van der Waals surface area contributed by atoms with Crippen molar-refractivity contribution < 1.29 is 14.5 Å². The van der Waals surface area contributed by atoms with Gasteiger partial charge in [0.1, 0.15) is 5.00 Å². The van der Waals surface area contributed by atoms with Crippen LogP contribution < -0.4 is 11.1 Å². The van der Waals surface area contributed by atoms with Gasteiger partial charge in [0, 0.05) is 22.9 Å². The zero-order chi connectivity index (χ0) is 20.1. The molecule has 0 radical (unpaired) electrons. The standard InChI is InChI=1S/C20H17N3O4S/c21-19(25)16-12-15(10-13-6-2-1-3-7-13)28-20(16)22-18(24)11-14-8-4-5-9-17(14)23(26)27/h1-9,12H,10-11H2,(H2,21,25)(H,22,24). The van der Waals surface area contributed by atoms with Gasteiger partial charge in [-0.15, -0.1) is 11.3 Å². The highest BCUT2D eigenvalue weighted by atomic mass is 32.1. The molecule has 2 aromatic carbocycles. The summed E-state index contributed by atoms with van der Waals surface area (Å²) in [6.45, 7) is 0. The van der Waals surface area contributed by atoms with Gasteiger partial charge in [0.05, 0.1) is 16.9 Å². The second kappa shape index (κ2) is 8.45. The topological polar surface area (TPSA) is 115 Å². The molecule has 1 heterocycles. The molecule has 1 aromatic heterocycles. The van der Waals surface area contributed by atoms with Crippen molar-refractivity contribution in [1.29, 1.82) is 0 Å². The largest absolute Gasteiger partial charge is 0.366 e. The highest BCUT2D eigenvalue weighted by Gasteiger charge is 2.19. The van der Waals surface area contributed by atoms with E-state index in [9.17, 15) is 19.7 Å². The van der Waals surface area contributed by atoms with E-state index in [4.69, 9.17) is 5.73 Å². The molecule has 28 heavy (non-hydrogen) atoms. The van der Waals surface area contributed by atoms with Crippen molar-refractivity contribution in [3.05, 3.63) is 92.3 Å². The van der Waals surface area contributed by atoms with Crippen molar-refractivity contribution in [3.8, 4) is 0 Å². The number of nitro benzene ring substituents is 1. The van der Waals surface area contributed by atoms with Gasteiger partial charge in [-0.1, -0.05) is 48.5 Å². The minimum absolute atomic E-state index is 0.122. The fourth-order valence-corrected chi connectivity index (χ4v) is 3.90. The third-order valence-corrected chi connectivity index (χ3v) is 5.11. The Balaban J connectivity index is 1.78. The quantitative estimate of drug-likeness (QED) is 0.470. The maximum absolute atomic E-state index is 12.4. The zero-order valence-corrected chi connectivity index (χ0v) is 15.6. The Morgan fingerprint density at radius 3 is 2.43 bits per heavy atom. The Kier molecular flexibility index (Phi) is 5.81. The number of hydrogen-bond donors (Lipinski definition) is 2. The van der Waals surface area contributed by atoms with Gasteiger partial charge in [-0.3, -0.25) is 19.7 Å². The molecule has 0 aliphatic carbocycles. The molecule has 2 amide bonds. The molecular formula is C20H17N3O4S. The van der Waals surface area contributed by atoms with Gasteiger partial charge in [0.2, 0.25) is 5.91 Å². The summed E-state index contributed by atoms with van der Waals surface area (Å²) >= 11 is 1.27. The van der Waals surface area contributed by atoms with Crippen LogP contribution in [0.4, 0.5) is 10.7 Å². The molecule has 0 atom stereocenters. The maximum atomic E-state index is 12.4. The number of para-hydroxylation sites is 1. The van der Waals surface area contributed by atoms with E-state index in [1.54, 1.807) is 18.2 Å². The van der Waals surface area contributed by atoms with E-state index in [2.05, 4.69) is 5.32 Å². The maximum Gasteiger partial charge on any atom is 0.273 e. The van der Waals surface area contributed by atoms with E-state index in [-0.39, 0.29) is 17.7 Å². The summed E-state index contributed by atoms with van der Waals surface area (Å²) in [5.74, 6) is -1.10. The normalized spacial score (nSPS) is 10.4. The number of anilines is 1. The lowest BCUT2D eigenvalue weighted by Crippen LogP contribution is -2.18. The van der Waals surface area contributed by atoms with E-state index in [1.165, 1.54) is 23.5 Å². The van der Waals surface area contributed by atoms with Crippen molar-refractivity contribution in [2.45, 2.75) is 12.8 Å². The number of carbonyl (C=O) groups is 2. The van der Waals surface area contributed by atoms with Crippen LogP contribution in [-0.2, 0) is 17.6 Å². The first-order valence-corrected chi connectivity index (χ1v) is 9.24. The van der Waals surface area contributed by atoms with Crippen LogP contribution in [0, 0.1) is 10.1 Å². The van der Waals surface area contributed by atoms with Crippen LogP contribution in [0.15, 0.2) is 60.7 Å². The molecule has 0 unspecified atom stereocenters. The van der Waals surface area contributed by atoms with Crippen LogP contribution in [0.3, 0.4) is 0 Å². The summed E-state index contributed by atoms with van der Waals surface area (Å²) in [5.41, 5.74) is 6.91. The van der Waals surface area contributed by atoms with E-state index in [1.807, 2.05) is 30.3 Å². The van der Waals surface area contributed by atoms with Crippen molar-refractivity contribution in [2.75, 3.05) is 5.32 Å². The number of benzene rings is 2. The van der Waals surface area contributed by atoms with Crippen LogP contribution >= 0.6 is 11.3 Å². The summed E-state index contributed by atoms with van der Waals surface area (Å²) in [6, 6.07) is 17.4. The van der Waals surface area contributed by atoms with Crippen molar-refractivity contribution in [2.24, 2.45) is 5.73 Å². The number of thiophene rings is 1. The van der Waals surface area contributed by atoms with Crippen molar-refractivity contribution in [3.63, 3.8) is 0 Å². The molecule has 7 nitrogen and oxygen atoms in total. The van der Waals surface area contributed by atoms with Gasteiger partial charge >= 0.3 is 0 Å². The SMILES string of the molecule is NC(=O)c1cc(Cc2ccccc2)sc1NC(=O)Cc1ccccc1[N+](=O)[O-]. The minimum atomic E-state index is -0.642. The van der Waals surface area contributed by atoms with Gasteiger partial charge < -0.3 is 11.1 Å². The van der Waals surface area contributed by atoms with Crippen LogP contribution in [0.25, 0.3) is 0 Å². The summed E-state index contributed by atoms with van der Waals surface area (Å²) < 4.78 is 0. The summed E-state index contributed by atoms with van der Waals surface area (Å²) in [5, 5.41) is 14.1. The first-order chi connectivity index (χ1) is 13.4. The lowest BCUT2D eigenvalue weighted by molar-refractivity contribution is -0.385. The number of nitrogens with one attached hydrogen (secondary N) is 1. The van der Waals surface area contributed by atoms with Crippen LogP contribution in [0.5, 0.6) is 0 Å². The average molecular weight is 395 g/mol. The number of carbonyl (C=O) groups excluding carboxylic acids is 2. The Bertz CT molecular complexity index is 1030. The fourth-order valence-electron chi connectivity index (χ4n) is 2.78. The number of amides is 2. The number of nitrogens with two attached hydrogens (primary N) is 1. The smallest absolute Gasteiger partial charge is 0.273 e. The Hall–Kier alpha value is -3.52. The predicted molar refractivity (Wildman–Crippen MR) is 108 cm³/mol. The molecule has 3 N–H and O–H groups in total. The molecule has 0 aliphatic heterocycles. The Labute approximate surface area is 165 Å². The number of hydrogen-bond acceptors (Lipinski definition) is 5. The van der Waals surface area contributed by atoms with Crippen molar-refractivity contribution >= 4 is 33.8 Å². The molecule has 3 rings (SSSR count). The molecule has 0 fully saturated rings. The van der Waals surface area contributed by atoms with Crippen LogP contribution in [0.1, 0.15) is 26.4 Å². The second-order valence-corrected chi connectivity index (χ2v) is 7.23. The summed E-state index contributed by atoms with van der Waals surface area (Å²) in [6.07, 6.45) is 0.424. The van der Waals surface area contributed by atoms with Crippen molar-refractivity contribution in [1.82, 2.24) is 0 Å². The summed E-state index contributed by atoms with van der Waals surface area (Å²) in [4.78, 5) is 35.6. The minimum Gasteiger partial charge on any atom is -0.366 e. The molecule has 8 heteroatoms. The first-order valence-electron chi connectivity index (χ1n) is 8.42. The molecule has 0 saturated heterocycles. The van der Waals surface area contributed by atoms with E-state index >= 15 is 0 Å². The number of primary amides is 1. The van der Waals surface area contributed by atoms with E-state index in [0.29, 0.717) is 17.0 Å². The van der Waals surface area contributed by atoms with Crippen LogP contribution in [0.2, 0.25) is 0 Å². The van der Waals surface area contributed by atoms with Crippen LogP contribution in [-0.4, -0.2) is 16.7 Å². The fraction of sp³-hybridized carbons (Fsp3) is 0.100. The molecule has 142 valence electrons. The monoisotopic (exact) mass is 395 g/mol. The Morgan fingerprint density at radius 2 is 1.75 bits per heavy atom. The highest BCUT2D eigenvalue weighted by molar-refractivity contribution is 7.16. The van der Waals surface area contributed by atoms with Gasteiger partial charge in [0.15, 0.2) is 0 Å². The molecular weight excluding hydrogens is 378 g/mol. The molecule has 0 saturated carbocycles. The first kappa shape index (κ1) is 19.2. The molecule has 0 bridgehead atoms. The van der Waals surface area contributed by atoms with Gasteiger partial charge in [-0.2, -0.15) is 0 Å². The molecule has 0 spiro atoms. The van der Waals surface area contributed by atoms with E-state index < -0.39 is 16.7 Å². The Morgan fingerprint density at radius 1 is 1.07 bits per heavy atom. The van der Waals surface area contributed by atoms with Gasteiger partial charge in [-0.25, -0.2) is 0 Å². The predicted octanol–water partition coefficient (Wildman–Crippen LogP) is 3.53. The lowest BCUT2D eigenvalue weighted by Gasteiger charge is -2.05. The third kappa shape index (κ3) is 4.60. The third-order valence-electron chi connectivity index (χ3n) is 4.06. The molecule has 3 aromatic rings. The van der Waals surface area contributed by atoms with Gasteiger partial charge in [-0.05, 0) is 11.6 Å². The van der Waals surface area contributed by atoms with Gasteiger partial charge in [0.25, 0.3) is 11.6 Å². The number of nitro groups is 1. The average Bonchev–Trinajstić information content (AvgIpc) is 3.05. The second-order valence-electron chi connectivity index (χ2n) is 6.09. The number of rotatable bonds is 7. The molecule has 0 aliphatic rings. The number of nitrogens with zero attached hydrogens (tertiary/aromatic N) is 1. The highest BCUT2D eigenvalue weighted by Crippen LogP contribution is 2.30. The zero-order valence-electron chi connectivity index (χ0n) is 14.8. The van der Waals surface area contributed by atoms with E-state index in [0.717, 1.165) is 10.4 Å². The summed E-state index contributed by atoms with van der Waals surface area (Å²) in [7, 11) is 0. The lowest BCUT2D eigenvalue weighted by atomic mass is 10.1.